The third kappa shape index (κ3) is 1.23. The molecule has 1 fully saturated rings. The Bertz CT molecular complexity index is 97.2. The van der Waals surface area contributed by atoms with E-state index in [1.165, 1.54) is 0 Å². The van der Waals surface area contributed by atoms with Gasteiger partial charge in [-0.2, -0.15) is 0 Å². The van der Waals surface area contributed by atoms with Crippen molar-refractivity contribution in [1.82, 2.24) is 4.90 Å². The topological polar surface area (TPSA) is 38.5 Å². The highest BCUT2D eigenvalue weighted by molar-refractivity contribution is 4.84. The Morgan fingerprint density at radius 2 is 2.22 bits per heavy atom. The molecule has 0 aromatic carbocycles. The average Bonchev–Trinajstić information content (AvgIpc) is 2.16. The molecule has 0 aromatic heterocycles. The fourth-order valence-electron chi connectivity index (χ4n) is 0.923. The lowest BCUT2D eigenvalue weighted by Gasteiger charge is -2.29. The fourth-order valence-corrected chi connectivity index (χ4v) is 0.923. The minimum absolute atomic E-state index is 0.194. The summed E-state index contributed by atoms with van der Waals surface area (Å²) in [6.07, 6.45) is 0.944. The second kappa shape index (κ2) is 2.25. The summed E-state index contributed by atoms with van der Waals surface area (Å²) in [6.45, 7) is 1.47. The summed E-state index contributed by atoms with van der Waals surface area (Å²) in [6, 6.07) is 0. The number of rotatable bonds is 1. The second-order valence-electron chi connectivity index (χ2n) is 2.80. The third-order valence-electron chi connectivity index (χ3n) is 1.92. The van der Waals surface area contributed by atoms with Gasteiger partial charge in [0.15, 0.2) is 0 Å². The van der Waals surface area contributed by atoms with Crippen LogP contribution in [0, 0.1) is 0 Å². The quantitative estimate of drug-likeness (QED) is 0.492. The van der Waals surface area contributed by atoms with Crippen LogP contribution in [0.1, 0.15) is 6.42 Å². The Morgan fingerprint density at radius 3 is 2.44 bits per heavy atom. The largest absolute Gasteiger partial charge is 0.378 e. The normalized spacial score (nSPS) is 36.0. The van der Waals surface area contributed by atoms with Crippen LogP contribution in [0.2, 0.25) is 0 Å². The van der Waals surface area contributed by atoms with Gasteiger partial charge in [-0.3, -0.25) is 4.90 Å². The highest BCUT2D eigenvalue weighted by Crippen LogP contribution is 2.16. The molecule has 1 aliphatic rings. The summed E-state index contributed by atoms with van der Waals surface area (Å²) in [4.78, 5) is 2.01. The van der Waals surface area contributed by atoms with Gasteiger partial charge >= 0.3 is 0 Å². The predicted octanol–water partition coefficient (Wildman–Crippen LogP) is -0.377. The zero-order valence-electron chi connectivity index (χ0n) is 6.05. The number of likely N-dealkylation sites (N-methyl/N-ethyl adjacent to an activating group) is 1. The molecule has 0 saturated carbocycles. The Morgan fingerprint density at radius 1 is 1.56 bits per heavy atom. The average molecular weight is 130 g/mol. The molecular weight excluding hydrogens is 116 g/mol. The van der Waals surface area contributed by atoms with Crippen molar-refractivity contribution < 1.29 is 4.74 Å². The highest BCUT2D eigenvalue weighted by Gasteiger charge is 2.32. The molecule has 1 unspecified atom stereocenters. The Labute approximate surface area is 55.8 Å². The van der Waals surface area contributed by atoms with E-state index in [0.717, 1.165) is 13.0 Å². The minimum atomic E-state index is -0.194. The van der Waals surface area contributed by atoms with Crippen LogP contribution in [-0.4, -0.2) is 37.9 Å². The van der Waals surface area contributed by atoms with Crippen LogP contribution >= 0.6 is 0 Å². The number of hydrogen-bond donors (Lipinski definition) is 1. The van der Waals surface area contributed by atoms with Crippen molar-refractivity contribution in [2.24, 2.45) is 5.73 Å². The Kier molecular flexibility index (Phi) is 1.75. The zero-order valence-corrected chi connectivity index (χ0v) is 6.05. The van der Waals surface area contributed by atoms with E-state index in [-0.39, 0.29) is 5.66 Å². The molecule has 3 heteroatoms. The van der Waals surface area contributed by atoms with E-state index >= 15 is 0 Å². The first kappa shape index (κ1) is 6.99. The molecule has 1 atom stereocenters. The van der Waals surface area contributed by atoms with E-state index in [4.69, 9.17) is 10.5 Å². The maximum Gasteiger partial charge on any atom is 0.0944 e. The Hall–Kier alpha value is -0.120. The first-order valence-corrected chi connectivity index (χ1v) is 3.19. The number of nitrogens with zero attached hydrogens (tertiary/aromatic N) is 1. The third-order valence-corrected chi connectivity index (χ3v) is 1.92. The summed E-state index contributed by atoms with van der Waals surface area (Å²) >= 11 is 0. The van der Waals surface area contributed by atoms with Gasteiger partial charge in [0, 0.05) is 13.0 Å². The van der Waals surface area contributed by atoms with Crippen molar-refractivity contribution in [3.05, 3.63) is 0 Å². The number of ether oxygens (including phenoxy) is 1. The van der Waals surface area contributed by atoms with Crippen LogP contribution in [0.25, 0.3) is 0 Å². The maximum atomic E-state index is 5.90. The molecule has 0 radical (unpaired) electrons. The lowest BCUT2D eigenvalue weighted by Crippen LogP contribution is -2.52. The summed E-state index contributed by atoms with van der Waals surface area (Å²) in [5.41, 5.74) is 5.71. The molecular formula is C6H14N2O. The van der Waals surface area contributed by atoms with E-state index in [1.807, 2.05) is 19.0 Å². The van der Waals surface area contributed by atoms with Crippen molar-refractivity contribution in [3.63, 3.8) is 0 Å². The van der Waals surface area contributed by atoms with Crippen LogP contribution < -0.4 is 5.73 Å². The second-order valence-corrected chi connectivity index (χ2v) is 2.80. The van der Waals surface area contributed by atoms with Crippen LogP contribution in [0.15, 0.2) is 0 Å². The number of nitrogens with two attached hydrogens (primary N) is 1. The monoisotopic (exact) mass is 130 g/mol. The smallest absolute Gasteiger partial charge is 0.0944 e. The van der Waals surface area contributed by atoms with Gasteiger partial charge in [0.1, 0.15) is 0 Å². The van der Waals surface area contributed by atoms with E-state index in [2.05, 4.69) is 0 Å². The number of hydrogen-bond acceptors (Lipinski definition) is 3. The predicted molar refractivity (Wildman–Crippen MR) is 36.0 cm³/mol. The lowest BCUT2D eigenvalue weighted by atomic mass is 10.1. The van der Waals surface area contributed by atoms with E-state index in [9.17, 15) is 0 Å². The highest BCUT2D eigenvalue weighted by atomic mass is 16.5. The van der Waals surface area contributed by atoms with Crippen molar-refractivity contribution in [3.8, 4) is 0 Å². The van der Waals surface area contributed by atoms with Gasteiger partial charge in [-0.05, 0) is 14.1 Å². The first-order chi connectivity index (χ1) is 4.15. The van der Waals surface area contributed by atoms with Crippen molar-refractivity contribution in [1.29, 1.82) is 0 Å². The summed E-state index contributed by atoms with van der Waals surface area (Å²) < 4.78 is 5.15. The molecule has 1 aliphatic heterocycles. The fraction of sp³-hybridized carbons (Fsp3) is 1.00. The summed E-state index contributed by atoms with van der Waals surface area (Å²) in [7, 11) is 3.96. The molecule has 0 aromatic rings. The Balaban J connectivity index is 2.51. The molecule has 54 valence electrons. The molecule has 0 spiro atoms. The molecule has 0 bridgehead atoms. The van der Waals surface area contributed by atoms with E-state index < -0.39 is 0 Å². The van der Waals surface area contributed by atoms with Crippen LogP contribution in [0.5, 0.6) is 0 Å². The maximum absolute atomic E-state index is 5.90. The van der Waals surface area contributed by atoms with Crippen LogP contribution in [0.4, 0.5) is 0 Å². The molecule has 1 heterocycles. The molecule has 9 heavy (non-hydrogen) atoms. The van der Waals surface area contributed by atoms with Gasteiger partial charge in [-0.15, -0.1) is 0 Å². The molecule has 3 nitrogen and oxygen atoms in total. The molecule has 0 amide bonds. The SMILES string of the molecule is CN(C)C1(N)CCOC1. The van der Waals surface area contributed by atoms with E-state index in [1.54, 1.807) is 0 Å². The first-order valence-electron chi connectivity index (χ1n) is 3.19. The van der Waals surface area contributed by atoms with Crippen LogP contribution in [-0.2, 0) is 4.74 Å². The summed E-state index contributed by atoms with van der Waals surface area (Å²) in [5.74, 6) is 0. The van der Waals surface area contributed by atoms with Gasteiger partial charge < -0.3 is 10.5 Å². The van der Waals surface area contributed by atoms with E-state index in [0.29, 0.717) is 6.61 Å². The van der Waals surface area contributed by atoms with Crippen LogP contribution in [0.3, 0.4) is 0 Å². The van der Waals surface area contributed by atoms with Gasteiger partial charge in [-0.1, -0.05) is 0 Å². The van der Waals surface area contributed by atoms with Crippen molar-refractivity contribution in [2.75, 3.05) is 27.3 Å². The minimum Gasteiger partial charge on any atom is -0.378 e. The standard InChI is InChI=1S/C6H14N2O/c1-8(2)6(7)3-4-9-5-6/h3-5,7H2,1-2H3. The van der Waals surface area contributed by atoms with Gasteiger partial charge in [0.25, 0.3) is 0 Å². The zero-order chi connectivity index (χ0) is 6.91. The summed E-state index contributed by atoms with van der Waals surface area (Å²) in [5, 5.41) is 0. The van der Waals surface area contributed by atoms with Gasteiger partial charge in [-0.25, -0.2) is 0 Å². The molecule has 2 N–H and O–H groups in total. The molecule has 1 rings (SSSR count). The van der Waals surface area contributed by atoms with Gasteiger partial charge in [0.05, 0.1) is 12.3 Å². The lowest BCUT2D eigenvalue weighted by molar-refractivity contribution is 0.112. The van der Waals surface area contributed by atoms with Gasteiger partial charge in [0.2, 0.25) is 0 Å². The van der Waals surface area contributed by atoms with Crippen molar-refractivity contribution >= 4 is 0 Å². The molecule has 0 aliphatic carbocycles. The molecule has 1 saturated heterocycles. The van der Waals surface area contributed by atoms with Crippen molar-refractivity contribution in [2.45, 2.75) is 12.1 Å².